The van der Waals surface area contributed by atoms with E-state index in [0.29, 0.717) is 0 Å². The van der Waals surface area contributed by atoms with Crippen LogP contribution in [0.4, 0.5) is 0 Å². The minimum Gasteiger partial charge on any atom is -0.369 e. The summed E-state index contributed by atoms with van der Waals surface area (Å²) >= 11 is 0. The molecule has 1 heteroatoms. The van der Waals surface area contributed by atoms with Crippen LogP contribution in [0.2, 0.25) is 0 Å². The van der Waals surface area contributed by atoms with Gasteiger partial charge in [0.2, 0.25) is 0 Å². The molecule has 1 aliphatic heterocycles. The van der Waals surface area contributed by atoms with Crippen molar-refractivity contribution >= 4 is 0 Å². The molecule has 1 saturated heterocycles. The molecule has 66 valence electrons. The molecule has 1 heterocycles. The molecular formula is C13H8O. The molecule has 0 aromatic rings. The van der Waals surface area contributed by atoms with Crippen molar-refractivity contribution in [3.8, 4) is 47.4 Å². The first-order valence-electron chi connectivity index (χ1n) is 4.14. The summed E-state index contributed by atoms with van der Waals surface area (Å²) in [4.78, 5) is 0. The molecule has 1 aliphatic rings. The molecular weight excluding hydrogens is 172 g/mol. The second kappa shape index (κ2) is 6.46. The second-order valence-electron chi connectivity index (χ2n) is 2.38. The minimum absolute atomic E-state index is 0.275. The fraction of sp³-hybridized carbons (Fsp3) is 0.231. The lowest BCUT2D eigenvalue weighted by Gasteiger charge is -1.67. The van der Waals surface area contributed by atoms with E-state index < -0.39 is 0 Å². The van der Waals surface area contributed by atoms with E-state index in [1.165, 1.54) is 0 Å². The number of epoxide rings is 1. The van der Waals surface area contributed by atoms with E-state index >= 15 is 0 Å². The van der Waals surface area contributed by atoms with Crippen LogP contribution in [-0.4, -0.2) is 12.7 Å². The molecule has 0 saturated carbocycles. The van der Waals surface area contributed by atoms with Crippen LogP contribution in [0.15, 0.2) is 12.2 Å². The van der Waals surface area contributed by atoms with Gasteiger partial charge in [0.15, 0.2) is 0 Å². The summed E-state index contributed by atoms with van der Waals surface area (Å²) in [5, 5.41) is 0. The molecule has 1 rings (SSSR count). The number of rotatable bonds is 1. The maximum atomic E-state index is 4.95. The van der Waals surface area contributed by atoms with E-state index in [-0.39, 0.29) is 6.10 Å². The van der Waals surface area contributed by atoms with Crippen LogP contribution in [0.1, 0.15) is 6.92 Å². The summed E-state index contributed by atoms with van der Waals surface area (Å²) in [6, 6.07) is 0. The zero-order valence-corrected chi connectivity index (χ0v) is 7.85. The van der Waals surface area contributed by atoms with Gasteiger partial charge in [0.25, 0.3) is 0 Å². The van der Waals surface area contributed by atoms with Crippen molar-refractivity contribution in [3.05, 3.63) is 12.2 Å². The Morgan fingerprint density at radius 1 is 1.07 bits per heavy atom. The number of hydrogen-bond donors (Lipinski definition) is 0. The molecule has 0 amide bonds. The predicted octanol–water partition coefficient (Wildman–Crippen LogP) is 0.975. The van der Waals surface area contributed by atoms with Crippen LogP contribution in [-0.2, 0) is 4.74 Å². The van der Waals surface area contributed by atoms with Crippen molar-refractivity contribution in [2.75, 3.05) is 6.61 Å². The normalized spacial score (nSPS) is 15.9. The lowest BCUT2D eigenvalue weighted by atomic mass is 10.4. The van der Waals surface area contributed by atoms with Crippen LogP contribution < -0.4 is 0 Å². The quantitative estimate of drug-likeness (QED) is 0.433. The Morgan fingerprint density at radius 3 is 2.36 bits per heavy atom. The molecule has 1 atom stereocenters. The largest absolute Gasteiger partial charge is 0.369 e. The summed E-state index contributed by atoms with van der Waals surface area (Å²) in [5.41, 5.74) is 0. The van der Waals surface area contributed by atoms with Gasteiger partial charge in [-0.2, -0.15) is 0 Å². The summed E-state index contributed by atoms with van der Waals surface area (Å²) < 4.78 is 4.95. The Hall–Kier alpha value is -2.06. The van der Waals surface area contributed by atoms with E-state index in [9.17, 15) is 0 Å². The van der Waals surface area contributed by atoms with E-state index in [4.69, 9.17) is 4.74 Å². The van der Waals surface area contributed by atoms with E-state index in [0.717, 1.165) is 6.61 Å². The molecule has 1 fully saturated rings. The Labute approximate surface area is 84.5 Å². The fourth-order valence-corrected chi connectivity index (χ4v) is 0.587. The first kappa shape index (κ1) is 10.0. The average Bonchev–Trinajstić information content (AvgIpc) is 2.99. The van der Waals surface area contributed by atoms with Gasteiger partial charge in [0.1, 0.15) is 0 Å². The molecule has 0 spiro atoms. The standard InChI is InChI=1S/C13H8O/c1-2-3-4-5-6-7-8-9-10-11-13-12-14-13/h10-11,13H,12H2,1H3/b11-10+/t13-/m1/s1. The van der Waals surface area contributed by atoms with Crippen LogP contribution >= 0.6 is 0 Å². The molecule has 0 N–H and O–H groups in total. The number of ether oxygens (including phenoxy) is 1. The second-order valence-corrected chi connectivity index (χ2v) is 2.38. The summed E-state index contributed by atoms with van der Waals surface area (Å²) in [5.74, 6) is 20.9. The Morgan fingerprint density at radius 2 is 1.71 bits per heavy atom. The molecule has 0 bridgehead atoms. The Balaban J connectivity index is 2.29. The van der Waals surface area contributed by atoms with Gasteiger partial charge in [-0.05, 0) is 54.6 Å². The van der Waals surface area contributed by atoms with Crippen molar-refractivity contribution in [1.82, 2.24) is 0 Å². The van der Waals surface area contributed by atoms with Gasteiger partial charge in [-0.15, -0.1) is 0 Å². The third-order valence-electron chi connectivity index (χ3n) is 1.26. The van der Waals surface area contributed by atoms with Crippen molar-refractivity contribution in [3.63, 3.8) is 0 Å². The van der Waals surface area contributed by atoms with Gasteiger partial charge in [-0.25, -0.2) is 0 Å². The summed E-state index contributed by atoms with van der Waals surface area (Å²) in [7, 11) is 0. The van der Waals surface area contributed by atoms with Crippen molar-refractivity contribution < 1.29 is 4.74 Å². The van der Waals surface area contributed by atoms with Gasteiger partial charge in [0, 0.05) is 0 Å². The number of allylic oxidation sites excluding steroid dienone is 1. The monoisotopic (exact) mass is 180 g/mol. The highest BCUT2D eigenvalue weighted by Crippen LogP contribution is 2.08. The van der Waals surface area contributed by atoms with Crippen LogP contribution in [0.3, 0.4) is 0 Å². The first-order valence-corrected chi connectivity index (χ1v) is 4.14. The molecule has 14 heavy (non-hydrogen) atoms. The first-order chi connectivity index (χ1) is 6.93. The molecule has 1 nitrogen and oxygen atoms in total. The molecule has 0 aromatic carbocycles. The highest BCUT2D eigenvalue weighted by Gasteiger charge is 2.17. The van der Waals surface area contributed by atoms with E-state index in [1.807, 2.05) is 6.08 Å². The fourth-order valence-electron chi connectivity index (χ4n) is 0.587. The van der Waals surface area contributed by atoms with Gasteiger partial charge >= 0.3 is 0 Å². The van der Waals surface area contributed by atoms with E-state index in [2.05, 4.69) is 47.4 Å². The van der Waals surface area contributed by atoms with Crippen LogP contribution in [0.5, 0.6) is 0 Å². The van der Waals surface area contributed by atoms with Gasteiger partial charge in [0.05, 0.1) is 12.7 Å². The summed E-state index contributed by atoms with van der Waals surface area (Å²) in [6.07, 6.45) is 3.92. The maximum absolute atomic E-state index is 4.95. The maximum Gasteiger partial charge on any atom is 0.1000 e. The SMILES string of the molecule is CC#CC#CC#CC#C/C=C/[C@@H]1CO1. The van der Waals surface area contributed by atoms with Gasteiger partial charge in [-0.1, -0.05) is 11.8 Å². The summed E-state index contributed by atoms with van der Waals surface area (Å²) in [6.45, 7) is 2.54. The topological polar surface area (TPSA) is 12.5 Å². The van der Waals surface area contributed by atoms with Crippen LogP contribution in [0, 0.1) is 47.4 Å². The lowest BCUT2D eigenvalue weighted by Crippen LogP contribution is -1.70. The molecule has 0 radical (unpaired) electrons. The molecule has 0 aromatic heterocycles. The third kappa shape index (κ3) is 5.57. The Kier molecular flexibility index (Phi) is 4.62. The molecule has 0 aliphatic carbocycles. The van der Waals surface area contributed by atoms with Gasteiger partial charge < -0.3 is 4.74 Å². The predicted molar refractivity (Wildman–Crippen MR) is 55.7 cm³/mol. The highest BCUT2D eigenvalue weighted by atomic mass is 16.6. The van der Waals surface area contributed by atoms with Crippen molar-refractivity contribution in [2.24, 2.45) is 0 Å². The van der Waals surface area contributed by atoms with E-state index in [1.54, 1.807) is 13.0 Å². The molecule has 0 unspecified atom stereocenters. The van der Waals surface area contributed by atoms with Crippen molar-refractivity contribution in [1.29, 1.82) is 0 Å². The zero-order chi connectivity index (χ0) is 10.1. The Bertz CT molecular complexity index is 448. The highest BCUT2D eigenvalue weighted by molar-refractivity contribution is 5.41. The third-order valence-corrected chi connectivity index (χ3v) is 1.26. The lowest BCUT2D eigenvalue weighted by molar-refractivity contribution is 0.440. The van der Waals surface area contributed by atoms with Gasteiger partial charge in [-0.3, -0.25) is 0 Å². The zero-order valence-electron chi connectivity index (χ0n) is 7.85. The minimum atomic E-state index is 0.275. The van der Waals surface area contributed by atoms with Crippen LogP contribution in [0.25, 0.3) is 0 Å². The number of hydrogen-bond acceptors (Lipinski definition) is 1. The van der Waals surface area contributed by atoms with Crippen molar-refractivity contribution in [2.45, 2.75) is 13.0 Å². The average molecular weight is 180 g/mol. The smallest absolute Gasteiger partial charge is 0.1000 e.